The standard InChI is InChI=1S/C6H4Br2N4O/c1-12-4(7)3(2-9-12)5-10-11-6(8)13-5/h2H,1H3. The highest BCUT2D eigenvalue weighted by Gasteiger charge is 2.13. The maximum Gasteiger partial charge on any atom is 0.285 e. The van der Waals surface area contributed by atoms with Gasteiger partial charge < -0.3 is 4.42 Å². The summed E-state index contributed by atoms with van der Waals surface area (Å²) in [5.74, 6) is 0.437. The van der Waals surface area contributed by atoms with Crippen LogP contribution in [0.4, 0.5) is 0 Å². The van der Waals surface area contributed by atoms with Gasteiger partial charge >= 0.3 is 0 Å². The van der Waals surface area contributed by atoms with Crippen molar-refractivity contribution in [2.24, 2.45) is 7.05 Å². The van der Waals surface area contributed by atoms with Crippen molar-refractivity contribution in [3.05, 3.63) is 15.6 Å². The lowest BCUT2D eigenvalue weighted by molar-refractivity contribution is 0.540. The van der Waals surface area contributed by atoms with Gasteiger partial charge in [-0.05, 0) is 15.9 Å². The molecule has 2 aromatic heterocycles. The summed E-state index contributed by atoms with van der Waals surface area (Å²) in [6.45, 7) is 0. The van der Waals surface area contributed by atoms with Crippen molar-refractivity contribution in [1.82, 2.24) is 20.0 Å². The predicted octanol–water partition coefficient (Wildman–Crippen LogP) is 2.00. The molecule has 0 saturated heterocycles. The molecule has 0 fully saturated rings. The van der Waals surface area contributed by atoms with Gasteiger partial charge in [-0.2, -0.15) is 5.10 Å². The van der Waals surface area contributed by atoms with Crippen LogP contribution >= 0.6 is 31.9 Å². The summed E-state index contributed by atoms with van der Waals surface area (Å²) in [6.07, 6.45) is 1.66. The average Bonchev–Trinajstić information content (AvgIpc) is 2.62. The summed E-state index contributed by atoms with van der Waals surface area (Å²) >= 11 is 6.43. The van der Waals surface area contributed by atoms with Gasteiger partial charge in [-0.3, -0.25) is 4.68 Å². The minimum absolute atomic E-state index is 0.359. The Kier molecular flexibility index (Phi) is 2.20. The highest BCUT2D eigenvalue weighted by Crippen LogP contribution is 2.26. The Morgan fingerprint density at radius 1 is 1.38 bits per heavy atom. The molecule has 2 heterocycles. The van der Waals surface area contributed by atoms with Gasteiger partial charge in [0.25, 0.3) is 10.7 Å². The number of halogens is 2. The fraction of sp³-hybridized carbons (Fsp3) is 0.167. The highest BCUT2D eigenvalue weighted by molar-refractivity contribution is 9.10. The molecule has 0 radical (unpaired) electrons. The van der Waals surface area contributed by atoms with E-state index in [1.807, 2.05) is 7.05 Å². The van der Waals surface area contributed by atoms with Crippen molar-refractivity contribution in [2.75, 3.05) is 0 Å². The summed E-state index contributed by atoms with van der Waals surface area (Å²) in [5.41, 5.74) is 0.778. The van der Waals surface area contributed by atoms with Gasteiger partial charge in [0.1, 0.15) is 4.60 Å². The molecule has 0 aromatic carbocycles. The molecule has 0 aliphatic rings. The number of aromatic nitrogens is 4. The maximum atomic E-state index is 5.17. The SMILES string of the molecule is Cn1ncc(-c2nnc(Br)o2)c1Br. The zero-order chi connectivity index (χ0) is 9.42. The quantitative estimate of drug-likeness (QED) is 0.808. The number of hydrogen-bond donors (Lipinski definition) is 0. The van der Waals surface area contributed by atoms with Gasteiger partial charge in [0.2, 0.25) is 0 Å². The van der Waals surface area contributed by atoms with Crippen molar-refractivity contribution in [3.8, 4) is 11.5 Å². The fourth-order valence-electron chi connectivity index (χ4n) is 0.880. The first-order chi connectivity index (χ1) is 6.18. The van der Waals surface area contributed by atoms with Crippen LogP contribution in [-0.4, -0.2) is 20.0 Å². The lowest BCUT2D eigenvalue weighted by Gasteiger charge is -1.91. The van der Waals surface area contributed by atoms with E-state index in [0.29, 0.717) is 10.7 Å². The second kappa shape index (κ2) is 3.22. The summed E-state index contributed by atoms with van der Waals surface area (Å²) < 4.78 is 7.66. The second-order valence-corrected chi connectivity index (χ2v) is 3.76. The van der Waals surface area contributed by atoms with E-state index in [-0.39, 0.29) is 0 Å². The van der Waals surface area contributed by atoms with Crippen LogP contribution < -0.4 is 0 Å². The lowest BCUT2D eigenvalue weighted by atomic mass is 10.4. The molecule has 68 valence electrons. The minimum atomic E-state index is 0.359. The van der Waals surface area contributed by atoms with Gasteiger partial charge in [-0.1, -0.05) is 0 Å². The molecule has 0 saturated carbocycles. The third kappa shape index (κ3) is 1.53. The summed E-state index contributed by atoms with van der Waals surface area (Å²) in [5, 5.41) is 11.5. The molecule has 2 rings (SSSR count). The number of nitrogens with zero attached hydrogens (tertiary/aromatic N) is 4. The Balaban J connectivity index is 2.52. The molecule has 13 heavy (non-hydrogen) atoms. The first-order valence-electron chi connectivity index (χ1n) is 3.35. The molecule has 0 aliphatic heterocycles. The number of hydrogen-bond acceptors (Lipinski definition) is 4. The molecule has 7 heteroatoms. The van der Waals surface area contributed by atoms with Crippen LogP contribution in [0.1, 0.15) is 0 Å². The fourth-order valence-corrected chi connectivity index (χ4v) is 1.48. The third-order valence-corrected chi connectivity index (χ3v) is 2.76. The first-order valence-corrected chi connectivity index (χ1v) is 4.94. The first kappa shape index (κ1) is 8.89. The summed E-state index contributed by atoms with van der Waals surface area (Å²) in [7, 11) is 1.82. The summed E-state index contributed by atoms with van der Waals surface area (Å²) in [6, 6.07) is 0. The molecule has 0 amide bonds. The molecule has 2 aromatic rings. The van der Waals surface area contributed by atoms with E-state index in [1.54, 1.807) is 10.9 Å². The smallest absolute Gasteiger partial charge is 0.285 e. The van der Waals surface area contributed by atoms with E-state index in [4.69, 9.17) is 4.42 Å². The molecular weight excluding hydrogens is 304 g/mol. The molecule has 0 atom stereocenters. The van der Waals surface area contributed by atoms with E-state index in [9.17, 15) is 0 Å². The third-order valence-electron chi connectivity index (χ3n) is 1.50. The van der Waals surface area contributed by atoms with Crippen LogP contribution in [0.15, 0.2) is 20.0 Å². The Morgan fingerprint density at radius 2 is 2.15 bits per heavy atom. The molecule has 0 N–H and O–H groups in total. The largest absolute Gasteiger partial charge is 0.411 e. The van der Waals surface area contributed by atoms with E-state index < -0.39 is 0 Å². The van der Waals surface area contributed by atoms with Crippen LogP contribution in [0.3, 0.4) is 0 Å². The van der Waals surface area contributed by atoms with Crippen molar-refractivity contribution in [1.29, 1.82) is 0 Å². The number of aryl methyl sites for hydroxylation is 1. The zero-order valence-corrected chi connectivity index (χ0v) is 9.70. The topological polar surface area (TPSA) is 56.7 Å². The van der Waals surface area contributed by atoms with E-state index in [1.165, 1.54) is 0 Å². The van der Waals surface area contributed by atoms with Crippen molar-refractivity contribution in [3.63, 3.8) is 0 Å². The molecule has 0 bridgehead atoms. The molecule has 0 aliphatic carbocycles. The predicted molar refractivity (Wildman–Crippen MR) is 51.9 cm³/mol. The van der Waals surface area contributed by atoms with Crippen LogP contribution in [0, 0.1) is 0 Å². The average molecular weight is 308 g/mol. The Labute approximate surface area is 90.4 Å². The van der Waals surface area contributed by atoms with E-state index in [0.717, 1.165) is 10.2 Å². The van der Waals surface area contributed by atoms with Gasteiger partial charge in [0.05, 0.1) is 11.8 Å². The molecular formula is C6H4Br2N4O. The van der Waals surface area contributed by atoms with Gasteiger partial charge in [-0.15, -0.1) is 10.2 Å². The van der Waals surface area contributed by atoms with Gasteiger partial charge in [-0.25, -0.2) is 0 Å². The van der Waals surface area contributed by atoms with Crippen LogP contribution in [-0.2, 0) is 7.05 Å². The van der Waals surface area contributed by atoms with Crippen molar-refractivity contribution >= 4 is 31.9 Å². The molecule has 5 nitrogen and oxygen atoms in total. The highest BCUT2D eigenvalue weighted by atomic mass is 79.9. The van der Waals surface area contributed by atoms with Crippen molar-refractivity contribution in [2.45, 2.75) is 0 Å². The van der Waals surface area contributed by atoms with E-state index >= 15 is 0 Å². The van der Waals surface area contributed by atoms with Gasteiger partial charge in [0.15, 0.2) is 0 Å². The van der Waals surface area contributed by atoms with Crippen molar-refractivity contribution < 1.29 is 4.42 Å². The molecule has 0 spiro atoms. The van der Waals surface area contributed by atoms with Crippen LogP contribution in [0.5, 0.6) is 0 Å². The zero-order valence-electron chi connectivity index (χ0n) is 6.53. The number of rotatable bonds is 1. The minimum Gasteiger partial charge on any atom is -0.411 e. The monoisotopic (exact) mass is 306 g/mol. The Hall–Kier alpha value is -0.690. The Bertz CT molecular complexity index is 436. The van der Waals surface area contributed by atoms with E-state index in [2.05, 4.69) is 47.2 Å². The lowest BCUT2D eigenvalue weighted by Crippen LogP contribution is -1.88. The van der Waals surface area contributed by atoms with Crippen LogP contribution in [0.2, 0.25) is 0 Å². The van der Waals surface area contributed by atoms with Gasteiger partial charge in [0, 0.05) is 23.0 Å². The Morgan fingerprint density at radius 3 is 2.62 bits per heavy atom. The van der Waals surface area contributed by atoms with Crippen LogP contribution in [0.25, 0.3) is 11.5 Å². The molecule has 0 unspecified atom stereocenters. The maximum absolute atomic E-state index is 5.17. The normalized spacial score (nSPS) is 10.7. The second-order valence-electron chi connectivity index (χ2n) is 2.33. The summed E-state index contributed by atoms with van der Waals surface area (Å²) in [4.78, 5) is 0.359.